The van der Waals surface area contributed by atoms with Crippen molar-refractivity contribution in [2.45, 2.75) is 12.7 Å². The summed E-state index contributed by atoms with van der Waals surface area (Å²) in [4.78, 5) is 1.22. The number of para-hydroxylation sites is 1. The van der Waals surface area contributed by atoms with E-state index in [-0.39, 0.29) is 23.1 Å². The smallest absolute Gasteiger partial charge is 0.376 e. The molecule has 1 heterocycles. The van der Waals surface area contributed by atoms with E-state index in [4.69, 9.17) is 11.6 Å². The molecule has 0 aliphatic rings. The Kier molecular flexibility index (Phi) is 3.61. The fraction of sp³-hybridized carbons (Fsp3) is 0.300. The minimum Gasteiger partial charge on any atom is -0.376 e. The Bertz CT molecular complexity index is 581. The molecule has 0 bridgehead atoms. The van der Waals surface area contributed by atoms with Gasteiger partial charge in [-0.3, -0.25) is 0 Å². The van der Waals surface area contributed by atoms with Crippen LogP contribution in [0.1, 0.15) is 11.4 Å². The van der Waals surface area contributed by atoms with Crippen LogP contribution in [0.3, 0.4) is 0 Å². The highest BCUT2D eigenvalue weighted by molar-refractivity contribution is 6.33. The number of aryl methyl sites for hydroxylation is 1. The summed E-state index contributed by atoms with van der Waals surface area (Å²) in [6.07, 6.45) is -4.48. The molecule has 0 amide bonds. The van der Waals surface area contributed by atoms with Crippen LogP contribution in [0.2, 0.25) is 5.02 Å². The Hall–Kier alpha value is -1.83. The van der Waals surface area contributed by atoms with Crippen LogP contribution in [0.25, 0.3) is 0 Å². The molecule has 0 aliphatic heterocycles. The summed E-state index contributed by atoms with van der Waals surface area (Å²) < 4.78 is 38.4. The van der Waals surface area contributed by atoms with Crippen LogP contribution in [0.15, 0.2) is 18.2 Å². The first-order valence-corrected chi connectivity index (χ1v) is 5.58. The van der Waals surface area contributed by atoms with E-state index in [9.17, 15) is 13.2 Å². The van der Waals surface area contributed by atoms with Crippen molar-refractivity contribution in [3.05, 3.63) is 34.6 Å². The molecule has 0 aliphatic carbocycles. The van der Waals surface area contributed by atoms with Gasteiger partial charge in [0.05, 0.1) is 29.9 Å². The third-order valence-electron chi connectivity index (χ3n) is 2.29. The van der Waals surface area contributed by atoms with Gasteiger partial charge in [-0.25, -0.2) is 0 Å². The maximum atomic E-state index is 12.8. The lowest BCUT2D eigenvalue weighted by molar-refractivity contribution is -0.136. The minimum absolute atomic E-state index is 0.000648. The number of tetrazole rings is 1. The van der Waals surface area contributed by atoms with Gasteiger partial charge in [-0.15, -0.1) is 10.2 Å². The average Bonchev–Trinajstić information content (AvgIpc) is 2.72. The van der Waals surface area contributed by atoms with Crippen molar-refractivity contribution in [2.75, 3.05) is 5.32 Å². The molecule has 0 unspecified atom stereocenters. The van der Waals surface area contributed by atoms with E-state index in [1.54, 1.807) is 7.05 Å². The monoisotopic (exact) mass is 291 g/mol. The highest BCUT2D eigenvalue weighted by Crippen LogP contribution is 2.38. The van der Waals surface area contributed by atoms with Gasteiger partial charge >= 0.3 is 6.18 Å². The molecule has 0 fully saturated rings. The number of anilines is 1. The summed E-state index contributed by atoms with van der Waals surface area (Å²) >= 11 is 5.78. The molecule has 0 atom stereocenters. The predicted molar refractivity (Wildman–Crippen MR) is 62.6 cm³/mol. The van der Waals surface area contributed by atoms with Gasteiger partial charge in [-0.2, -0.15) is 18.0 Å². The highest BCUT2D eigenvalue weighted by Gasteiger charge is 2.34. The van der Waals surface area contributed by atoms with Gasteiger partial charge in [0, 0.05) is 0 Å². The van der Waals surface area contributed by atoms with E-state index < -0.39 is 11.7 Å². The molecule has 102 valence electrons. The van der Waals surface area contributed by atoms with Gasteiger partial charge in [0.25, 0.3) is 0 Å². The summed E-state index contributed by atoms with van der Waals surface area (Å²) in [6, 6.07) is 3.58. The van der Waals surface area contributed by atoms with E-state index in [1.165, 1.54) is 16.9 Å². The first-order chi connectivity index (χ1) is 8.88. The number of aromatic nitrogens is 4. The molecule has 9 heteroatoms. The standard InChI is InChI=1S/C10H9ClF3N5/c1-19-17-8(16-18-19)5-15-9-6(10(12,13)14)3-2-4-7(9)11/h2-4,15H,5H2,1H3. The van der Waals surface area contributed by atoms with E-state index in [1.807, 2.05) is 0 Å². The molecule has 1 N–H and O–H groups in total. The summed E-state index contributed by atoms with van der Waals surface area (Å²) in [7, 11) is 1.56. The van der Waals surface area contributed by atoms with Crippen molar-refractivity contribution in [3.63, 3.8) is 0 Å². The van der Waals surface area contributed by atoms with Crippen LogP contribution < -0.4 is 5.32 Å². The second-order valence-corrected chi connectivity index (χ2v) is 4.12. The SMILES string of the molecule is Cn1nnc(CNc2c(Cl)cccc2C(F)(F)F)n1. The lowest BCUT2D eigenvalue weighted by atomic mass is 10.1. The van der Waals surface area contributed by atoms with Gasteiger partial charge in [0.15, 0.2) is 5.82 Å². The second kappa shape index (κ2) is 5.04. The van der Waals surface area contributed by atoms with Crippen molar-refractivity contribution < 1.29 is 13.2 Å². The van der Waals surface area contributed by atoms with Crippen molar-refractivity contribution in [3.8, 4) is 0 Å². The van der Waals surface area contributed by atoms with Crippen LogP contribution in [-0.2, 0) is 19.8 Å². The van der Waals surface area contributed by atoms with Crippen molar-refractivity contribution in [1.29, 1.82) is 0 Å². The molecular weight excluding hydrogens is 283 g/mol. The maximum Gasteiger partial charge on any atom is 0.418 e. The fourth-order valence-electron chi connectivity index (χ4n) is 1.50. The van der Waals surface area contributed by atoms with Crippen molar-refractivity contribution in [2.24, 2.45) is 7.05 Å². The number of halogens is 4. The molecule has 0 spiro atoms. The zero-order chi connectivity index (χ0) is 14.0. The number of nitrogens with zero attached hydrogens (tertiary/aromatic N) is 4. The van der Waals surface area contributed by atoms with Crippen LogP contribution >= 0.6 is 11.6 Å². The largest absolute Gasteiger partial charge is 0.418 e. The number of hydrogen-bond acceptors (Lipinski definition) is 4. The maximum absolute atomic E-state index is 12.8. The lowest BCUT2D eigenvalue weighted by Gasteiger charge is -2.14. The number of rotatable bonds is 3. The molecule has 5 nitrogen and oxygen atoms in total. The van der Waals surface area contributed by atoms with Crippen LogP contribution in [-0.4, -0.2) is 20.2 Å². The van der Waals surface area contributed by atoms with Crippen molar-refractivity contribution in [1.82, 2.24) is 20.2 Å². The van der Waals surface area contributed by atoms with E-state index in [2.05, 4.69) is 20.7 Å². The second-order valence-electron chi connectivity index (χ2n) is 3.71. The topological polar surface area (TPSA) is 55.6 Å². The number of benzene rings is 1. The Labute approximate surface area is 111 Å². The Morgan fingerprint density at radius 1 is 1.37 bits per heavy atom. The zero-order valence-electron chi connectivity index (χ0n) is 9.74. The Morgan fingerprint density at radius 2 is 2.11 bits per heavy atom. The van der Waals surface area contributed by atoms with Gasteiger partial charge in [0.2, 0.25) is 0 Å². The number of hydrogen-bond donors (Lipinski definition) is 1. The molecular formula is C10H9ClF3N5. The molecule has 19 heavy (non-hydrogen) atoms. The van der Waals surface area contributed by atoms with Gasteiger partial charge in [-0.05, 0) is 17.3 Å². The van der Waals surface area contributed by atoms with E-state index >= 15 is 0 Å². The van der Waals surface area contributed by atoms with E-state index in [0.29, 0.717) is 0 Å². The molecule has 1 aromatic carbocycles. The molecule has 0 saturated carbocycles. The van der Waals surface area contributed by atoms with Crippen molar-refractivity contribution >= 4 is 17.3 Å². The Balaban J connectivity index is 2.24. The van der Waals surface area contributed by atoms with Crippen LogP contribution in [0, 0.1) is 0 Å². The Morgan fingerprint density at radius 3 is 2.68 bits per heavy atom. The van der Waals surface area contributed by atoms with Gasteiger partial charge in [-0.1, -0.05) is 17.7 Å². The minimum atomic E-state index is -4.48. The molecule has 2 rings (SSSR count). The molecule has 1 aromatic heterocycles. The van der Waals surface area contributed by atoms with Gasteiger partial charge in [0.1, 0.15) is 0 Å². The third-order valence-corrected chi connectivity index (χ3v) is 2.61. The quantitative estimate of drug-likeness (QED) is 0.944. The highest BCUT2D eigenvalue weighted by atomic mass is 35.5. The third kappa shape index (κ3) is 3.14. The summed E-state index contributed by atoms with van der Waals surface area (Å²) in [5, 5.41) is 13.7. The number of alkyl halides is 3. The predicted octanol–water partition coefficient (Wildman–Crippen LogP) is 2.49. The molecule has 0 radical (unpaired) electrons. The molecule has 0 saturated heterocycles. The normalized spacial score (nSPS) is 11.6. The zero-order valence-corrected chi connectivity index (χ0v) is 10.5. The molecule has 2 aromatic rings. The van der Waals surface area contributed by atoms with Crippen LogP contribution in [0.5, 0.6) is 0 Å². The average molecular weight is 292 g/mol. The summed E-state index contributed by atoms with van der Waals surface area (Å²) in [6.45, 7) is 0.000648. The first kappa shape index (κ1) is 13.6. The fourth-order valence-corrected chi connectivity index (χ4v) is 1.74. The number of nitrogens with one attached hydrogen (secondary N) is 1. The van der Waals surface area contributed by atoms with E-state index in [0.717, 1.165) is 6.07 Å². The van der Waals surface area contributed by atoms with Gasteiger partial charge < -0.3 is 5.32 Å². The lowest BCUT2D eigenvalue weighted by Crippen LogP contribution is -2.12. The summed E-state index contributed by atoms with van der Waals surface area (Å²) in [5.41, 5.74) is -1.02. The summed E-state index contributed by atoms with van der Waals surface area (Å²) in [5.74, 6) is 0.274. The van der Waals surface area contributed by atoms with Crippen LogP contribution in [0.4, 0.5) is 18.9 Å². The first-order valence-electron chi connectivity index (χ1n) is 5.20.